The van der Waals surface area contributed by atoms with E-state index in [1.807, 2.05) is 6.07 Å². The van der Waals surface area contributed by atoms with E-state index in [-0.39, 0.29) is 0 Å². The summed E-state index contributed by atoms with van der Waals surface area (Å²) in [5.74, 6) is 2.26. The van der Waals surface area contributed by atoms with Crippen molar-refractivity contribution in [1.82, 2.24) is 9.97 Å². The van der Waals surface area contributed by atoms with Crippen molar-refractivity contribution in [1.29, 1.82) is 0 Å². The first-order valence-corrected chi connectivity index (χ1v) is 6.17. The highest BCUT2D eigenvalue weighted by atomic mass is 79.9. The molecule has 0 amide bonds. The summed E-state index contributed by atoms with van der Waals surface area (Å²) in [7, 11) is 0. The smallest absolute Gasteiger partial charge is 0.134 e. The average Bonchev–Trinajstić information content (AvgIpc) is 2.18. The van der Waals surface area contributed by atoms with E-state index in [9.17, 15) is 0 Å². The molecule has 0 aliphatic carbocycles. The molecule has 15 heavy (non-hydrogen) atoms. The van der Waals surface area contributed by atoms with Crippen molar-refractivity contribution >= 4 is 21.7 Å². The molecule has 0 aromatic carbocycles. The standard InChI is InChI=1S/C11H18BrN3/c1-5-15(6-2)10-7-9(12)13-11(14-10)8(3)4/h7-8H,5-6H2,1-4H3. The largest absolute Gasteiger partial charge is 0.357 e. The number of anilines is 1. The Labute approximate surface area is 100 Å². The van der Waals surface area contributed by atoms with Gasteiger partial charge in [-0.2, -0.15) is 0 Å². The number of aromatic nitrogens is 2. The maximum atomic E-state index is 4.56. The van der Waals surface area contributed by atoms with Crippen molar-refractivity contribution in [2.75, 3.05) is 18.0 Å². The molecule has 1 aromatic rings. The number of hydrogen-bond donors (Lipinski definition) is 0. The molecular weight excluding hydrogens is 254 g/mol. The van der Waals surface area contributed by atoms with Crippen LogP contribution in [0.3, 0.4) is 0 Å². The number of nitrogens with zero attached hydrogens (tertiary/aromatic N) is 3. The predicted octanol–water partition coefficient (Wildman–Crippen LogP) is 3.21. The normalized spacial score (nSPS) is 10.8. The summed E-state index contributed by atoms with van der Waals surface area (Å²) in [6.07, 6.45) is 0. The summed E-state index contributed by atoms with van der Waals surface area (Å²) in [5.41, 5.74) is 0. The molecule has 1 rings (SSSR count). The molecular formula is C11H18BrN3. The van der Waals surface area contributed by atoms with Crippen LogP contribution in [0.2, 0.25) is 0 Å². The molecule has 0 bridgehead atoms. The minimum absolute atomic E-state index is 0.358. The summed E-state index contributed by atoms with van der Waals surface area (Å²) >= 11 is 3.43. The number of hydrogen-bond acceptors (Lipinski definition) is 3. The van der Waals surface area contributed by atoms with Crippen LogP contribution in [0.15, 0.2) is 10.7 Å². The second-order valence-electron chi connectivity index (χ2n) is 3.73. The second-order valence-corrected chi connectivity index (χ2v) is 4.55. The summed E-state index contributed by atoms with van der Waals surface area (Å²) in [6, 6.07) is 1.97. The van der Waals surface area contributed by atoms with Crippen LogP contribution in [0.4, 0.5) is 5.82 Å². The first kappa shape index (κ1) is 12.4. The zero-order chi connectivity index (χ0) is 11.4. The van der Waals surface area contributed by atoms with Gasteiger partial charge in [0.1, 0.15) is 16.2 Å². The van der Waals surface area contributed by atoms with E-state index in [0.717, 1.165) is 29.3 Å². The lowest BCUT2D eigenvalue weighted by atomic mass is 10.2. The van der Waals surface area contributed by atoms with Gasteiger partial charge in [0.05, 0.1) is 0 Å². The van der Waals surface area contributed by atoms with E-state index in [4.69, 9.17) is 0 Å². The fourth-order valence-corrected chi connectivity index (χ4v) is 1.78. The molecule has 0 unspecified atom stereocenters. The lowest BCUT2D eigenvalue weighted by Gasteiger charge is -2.20. The van der Waals surface area contributed by atoms with E-state index < -0.39 is 0 Å². The highest BCUT2D eigenvalue weighted by Crippen LogP contribution is 2.19. The van der Waals surface area contributed by atoms with E-state index in [0.29, 0.717) is 5.92 Å². The van der Waals surface area contributed by atoms with E-state index in [2.05, 4.69) is 58.5 Å². The zero-order valence-corrected chi connectivity index (χ0v) is 11.4. The fourth-order valence-electron chi connectivity index (χ4n) is 1.39. The van der Waals surface area contributed by atoms with Crippen LogP contribution in [0, 0.1) is 0 Å². The Balaban J connectivity index is 3.07. The Hall–Kier alpha value is -0.640. The first-order valence-electron chi connectivity index (χ1n) is 5.37. The highest BCUT2D eigenvalue weighted by molar-refractivity contribution is 9.10. The van der Waals surface area contributed by atoms with E-state index in [1.165, 1.54) is 0 Å². The lowest BCUT2D eigenvalue weighted by Crippen LogP contribution is -2.23. The highest BCUT2D eigenvalue weighted by Gasteiger charge is 2.10. The lowest BCUT2D eigenvalue weighted by molar-refractivity contribution is 0.751. The maximum Gasteiger partial charge on any atom is 0.134 e. The third-order valence-electron chi connectivity index (χ3n) is 2.30. The molecule has 0 fully saturated rings. The van der Waals surface area contributed by atoms with Gasteiger partial charge in [-0.1, -0.05) is 13.8 Å². The zero-order valence-electron chi connectivity index (χ0n) is 9.79. The Kier molecular flexibility index (Phi) is 4.51. The van der Waals surface area contributed by atoms with Crippen LogP contribution in [0.25, 0.3) is 0 Å². The van der Waals surface area contributed by atoms with Gasteiger partial charge in [0.15, 0.2) is 0 Å². The van der Waals surface area contributed by atoms with Crippen molar-refractivity contribution < 1.29 is 0 Å². The van der Waals surface area contributed by atoms with Crippen molar-refractivity contribution in [2.24, 2.45) is 0 Å². The van der Waals surface area contributed by atoms with E-state index >= 15 is 0 Å². The molecule has 0 saturated heterocycles. The van der Waals surface area contributed by atoms with Gasteiger partial charge in [-0.3, -0.25) is 0 Å². The van der Waals surface area contributed by atoms with Crippen LogP contribution in [0.1, 0.15) is 39.4 Å². The Morgan fingerprint density at radius 3 is 2.33 bits per heavy atom. The van der Waals surface area contributed by atoms with Crippen molar-refractivity contribution in [3.8, 4) is 0 Å². The topological polar surface area (TPSA) is 29.0 Å². The molecule has 0 aliphatic heterocycles. The minimum Gasteiger partial charge on any atom is -0.357 e. The molecule has 3 nitrogen and oxygen atoms in total. The van der Waals surface area contributed by atoms with Gasteiger partial charge in [-0.05, 0) is 29.8 Å². The quantitative estimate of drug-likeness (QED) is 0.788. The van der Waals surface area contributed by atoms with Gasteiger partial charge < -0.3 is 4.90 Å². The monoisotopic (exact) mass is 271 g/mol. The summed E-state index contributed by atoms with van der Waals surface area (Å²) < 4.78 is 0.864. The van der Waals surface area contributed by atoms with Crippen molar-refractivity contribution in [3.63, 3.8) is 0 Å². The van der Waals surface area contributed by atoms with Crippen molar-refractivity contribution in [2.45, 2.75) is 33.6 Å². The Morgan fingerprint density at radius 1 is 1.27 bits per heavy atom. The SMILES string of the molecule is CCN(CC)c1cc(Br)nc(C(C)C)n1. The van der Waals surface area contributed by atoms with Crippen LogP contribution < -0.4 is 4.90 Å². The van der Waals surface area contributed by atoms with E-state index in [1.54, 1.807) is 0 Å². The molecule has 0 atom stereocenters. The average molecular weight is 272 g/mol. The van der Waals surface area contributed by atoms with Gasteiger partial charge in [0.25, 0.3) is 0 Å². The third-order valence-corrected chi connectivity index (χ3v) is 2.71. The van der Waals surface area contributed by atoms with Crippen LogP contribution >= 0.6 is 15.9 Å². The predicted molar refractivity (Wildman–Crippen MR) is 67.4 cm³/mol. The molecule has 0 saturated carbocycles. The Bertz CT molecular complexity index is 322. The molecule has 0 aliphatic rings. The molecule has 0 radical (unpaired) electrons. The van der Waals surface area contributed by atoms with Gasteiger partial charge in [-0.15, -0.1) is 0 Å². The summed E-state index contributed by atoms with van der Waals surface area (Å²) in [4.78, 5) is 11.1. The van der Waals surface area contributed by atoms with Gasteiger partial charge in [-0.25, -0.2) is 9.97 Å². The van der Waals surface area contributed by atoms with Gasteiger partial charge >= 0.3 is 0 Å². The molecule has 84 valence electrons. The van der Waals surface area contributed by atoms with Crippen LogP contribution in [-0.4, -0.2) is 23.1 Å². The van der Waals surface area contributed by atoms with Gasteiger partial charge in [0.2, 0.25) is 0 Å². The molecule has 1 heterocycles. The maximum absolute atomic E-state index is 4.56. The molecule has 0 spiro atoms. The number of rotatable bonds is 4. The number of halogens is 1. The third kappa shape index (κ3) is 3.16. The molecule has 4 heteroatoms. The van der Waals surface area contributed by atoms with Crippen LogP contribution in [0.5, 0.6) is 0 Å². The first-order chi connectivity index (χ1) is 7.08. The second kappa shape index (κ2) is 5.45. The van der Waals surface area contributed by atoms with Crippen LogP contribution in [-0.2, 0) is 0 Å². The minimum atomic E-state index is 0.358. The van der Waals surface area contributed by atoms with Gasteiger partial charge in [0, 0.05) is 25.1 Å². The fraction of sp³-hybridized carbons (Fsp3) is 0.636. The summed E-state index contributed by atoms with van der Waals surface area (Å²) in [5, 5.41) is 0. The molecule has 1 aromatic heterocycles. The van der Waals surface area contributed by atoms with Crippen molar-refractivity contribution in [3.05, 3.63) is 16.5 Å². The molecule has 0 N–H and O–H groups in total. The summed E-state index contributed by atoms with van der Waals surface area (Å²) in [6.45, 7) is 10.4. The Morgan fingerprint density at radius 2 is 1.87 bits per heavy atom.